The van der Waals surface area contributed by atoms with E-state index in [2.05, 4.69) is 5.32 Å². The van der Waals surface area contributed by atoms with Crippen molar-refractivity contribution in [3.05, 3.63) is 120 Å². The topological polar surface area (TPSA) is 55.4 Å². The van der Waals surface area contributed by atoms with E-state index in [4.69, 9.17) is 4.74 Å². The monoisotopic (exact) mass is 439 g/mol. The van der Waals surface area contributed by atoms with Gasteiger partial charge in [-0.15, -0.1) is 0 Å². The molecule has 0 spiro atoms. The molecule has 0 aliphatic carbocycles. The SMILES string of the molecule is C[C@@H](Oc1ccc(C(=O)c2ccc(F)cc2)cc1)C(=O)Nc1ccccc1-c1ccccc1. The Balaban J connectivity index is 1.42. The van der Waals surface area contributed by atoms with Gasteiger partial charge in [-0.25, -0.2) is 4.39 Å². The highest BCUT2D eigenvalue weighted by Crippen LogP contribution is 2.28. The van der Waals surface area contributed by atoms with E-state index in [9.17, 15) is 14.0 Å². The Bertz CT molecular complexity index is 1250. The lowest BCUT2D eigenvalue weighted by atomic mass is 10.0. The van der Waals surface area contributed by atoms with E-state index in [1.165, 1.54) is 24.3 Å². The number of rotatable bonds is 7. The zero-order chi connectivity index (χ0) is 23.2. The number of carbonyl (C=O) groups excluding carboxylic acids is 2. The summed E-state index contributed by atoms with van der Waals surface area (Å²) < 4.78 is 18.9. The van der Waals surface area contributed by atoms with Crippen LogP contribution in [0, 0.1) is 5.82 Å². The molecular weight excluding hydrogens is 417 g/mol. The first-order chi connectivity index (χ1) is 16.0. The number of anilines is 1. The Labute approximate surface area is 191 Å². The molecule has 1 N–H and O–H groups in total. The second kappa shape index (κ2) is 9.92. The van der Waals surface area contributed by atoms with E-state index < -0.39 is 11.9 Å². The van der Waals surface area contributed by atoms with Crippen molar-refractivity contribution in [1.29, 1.82) is 0 Å². The predicted molar refractivity (Wildman–Crippen MR) is 127 cm³/mol. The summed E-state index contributed by atoms with van der Waals surface area (Å²) in [7, 11) is 0. The van der Waals surface area contributed by atoms with Crippen molar-refractivity contribution in [2.45, 2.75) is 13.0 Å². The van der Waals surface area contributed by atoms with Crippen LogP contribution in [0.25, 0.3) is 11.1 Å². The minimum Gasteiger partial charge on any atom is -0.481 e. The number of para-hydroxylation sites is 1. The molecule has 0 aromatic heterocycles. The van der Waals surface area contributed by atoms with Crippen LogP contribution < -0.4 is 10.1 Å². The molecule has 5 heteroatoms. The Morgan fingerprint density at radius 2 is 1.33 bits per heavy atom. The van der Waals surface area contributed by atoms with Gasteiger partial charge in [0, 0.05) is 22.4 Å². The lowest BCUT2D eigenvalue weighted by molar-refractivity contribution is -0.122. The highest BCUT2D eigenvalue weighted by atomic mass is 19.1. The molecule has 0 radical (unpaired) electrons. The predicted octanol–water partition coefficient (Wildman–Crippen LogP) is 6.13. The molecule has 0 unspecified atom stereocenters. The third kappa shape index (κ3) is 5.33. The number of ketones is 1. The summed E-state index contributed by atoms with van der Waals surface area (Å²) in [5, 5.41) is 2.94. The third-order valence-electron chi connectivity index (χ3n) is 5.17. The number of amides is 1. The van der Waals surface area contributed by atoms with Gasteiger partial charge in [0.15, 0.2) is 11.9 Å². The molecular formula is C28H22FNO3. The molecule has 0 saturated heterocycles. The zero-order valence-electron chi connectivity index (χ0n) is 18.0. The van der Waals surface area contributed by atoms with Gasteiger partial charge < -0.3 is 10.1 Å². The molecule has 0 aliphatic heterocycles. The van der Waals surface area contributed by atoms with Gasteiger partial charge in [-0.1, -0.05) is 48.5 Å². The smallest absolute Gasteiger partial charge is 0.265 e. The minimum atomic E-state index is -0.757. The fraction of sp³-hybridized carbons (Fsp3) is 0.0714. The van der Waals surface area contributed by atoms with E-state index in [-0.39, 0.29) is 11.7 Å². The Hall–Kier alpha value is -4.25. The molecule has 1 amide bonds. The first-order valence-corrected chi connectivity index (χ1v) is 10.5. The van der Waals surface area contributed by atoms with Crippen LogP contribution in [0.1, 0.15) is 22.8 Å². The number of halogens is 1. The fourth-order valence-electron chi connectivity index (χ4n) is 3.41. The first-order valence-electron chi connectivity index (χ1n) is 10.5. The summed E-state index contributed by atoms with van der Waals surface area (Å²) in [5.41, 5.74) is 3.47. The van der Waals surface area contributed by atoms with Crippen LogP contribution in [0.4, 0.5) is 10.1 Å². The van der Waals surface area contributed by atoms with Gasteiger partial charge in [-0.2, -0.15) is 0 Å². The van der Waals surface area contributed by atoms with Gasteiger partial charge in [0.05, 0.1) is 0 Å². The Morgan fingerprint density at radius 1 is 0.758 bits per heavy atom. The average molecular weight is 439 g/mol. The van der Waals surface area contributed by atoms with Gasteiger partial charge in [-0.05, 0) is 67.1 Å². The van der Waals surface area contributed by atoms with Crippen LogP contribution >= 0.6 is 0 Å². The molecule has 164 valence electrons. The summed E-state index contributed by atoms with van der Waals surface area (Å²) >= 11 is 0. The van der Waals surface area contributed by atoms with Crippen LogP contribution in [0.3, 0.4) is 0 Å². The molecule has 33 heavy (non-hydrogen) atoms. The van der Waals surface area contributed by atoms with E-state index in [0.29, 0.717) is 22.6 Å². The molecule has 0 bridgehead atoms. The van der Waals surface area contributed by atoms with E-state index in [1.54, 1.807) is 31.2 Å². The summed E-state index contributed by atoms with van der Waals surface area (Å²) in [6.45, 7) is 1.66. The number of nitrogens with one attached hydrogen (secondary N) is 1. The maximum absolute atomic E-state index is 13.1. The van der Waals surface area contributed by atoms with Gasteiger partial charge in [-0.3, -0.25) is 9.59 Å². The van der Waals surface area contributed by atoms with E-state index >= 15 is 0 Å². The minimum absolute atomic E-state index is 0.218. The molecule has 4 aromatic carbocycles. The molecule has 0 fully saturated rings. The largest absolute Gasteiger partial charge is 0.481 e. The molecule has 1 atom stereocenters. The lowest BCUT2D eigenvalue weighted by Gasteiger charge is -2.17. The standard InChI is InChI=1S/C28H22FNO3/c1-19(28(32)30-26-10-6-5-9-25(26)20-7-3-2-4-8-20)33-24-17-13-22(14-18-24)27(31)21-11-15-23(29)16-12-21/h2-19H,1H3,(H,30,32)/t19-/m1/s1. The number of benzene rings is 4. The van der Waals surface area contributed by atoms with Gasteiger partial charge in [0.1, 0.15) is 11.6 Å². The molecule has 0 aliphatic rings. The number of ether oxygens (including phenoxy) is 1. The summed E-state index contributed by atoms with van der Waals surface area (Å²) in [5.74, 6) is -0.437. The third-order valence-corrected chi connectivity index (χ3v) is 5.17. The summed E-state index contributed by atoms with van der Waals surface area (Å²) in [6, 6.07) is 29.3. The van der Waals surface area contributed by atoms with Crippen molar-refractivity contribution in [3.8, 4) is 16.9 Å². The van der Waals surface area contributed by atoms with E-state index in [1.807, 2.05) is 54.6 Å². The van der Waals surface area contributed by atoms with Crippen molar-refractivity contribution < 1.29 is 18.7 Å². The molecule has 0 heterocycles. The Morgan fingerprint density at radius 3 is 2.00 bits per heavy atom. The second-order valence-electron chi connectivity index (χ2n) is 7.52. The van der Waals surface area contributed by atoms with Gasteiger partial charge in [0.2, 0.25) is 0 Å². The first kappa shape index (κ1) is 22.0. The summed E-state index contributed by atoms with van der Waals surface area (Å²) in [6.07, 6.45) is -0.757. The summed E-state index contributed by atoms with van der Waals surface area (Å²) in [4.78, 5) is 25.3. The van der Waals surface area contributed by atoms with Crippen LogP contribution in [-0.2, 0) is 4.79 Å². The van der Waals surface area contributed by atoms with Gasteiger partial charge in [0.25, 0.3) is 5.91 Å². The van der Waals surface area contributed by atoms with Crippen molar-refractivity contribution in [3.63, 3.8) is 0 Å². The normalized spacial score (nSPS) is 11.5. The van der Waals surface area contributed by atoms with Crippen molar-refractivity contribution >= 4 is 17.4 Å². The van der Waals surface area contributed by atoms with Crippen LogP contribution in [-0.4, -0.2) is 17.8 Å². The van der Waals surface area contributed by atoms with Crippen molar-refractivity contribution in [1.82, 2.24) is 0 Å². The number of carbonyl (C=O) groups is 2. The van der Waals surface area contributed by atoms with Crippen molar-refractivity contribution in [2.24, 2.45) is 0 Å². The highest BCUT2D eigenvalue weighted by Gasteiger charge is 2.17. The number of hydrogen-bond donors (Lipinski definition) is 1. The molecule has 4 nitrogen and oxygen atoms in total. The fourth-order valence-corrected chi connectivity index (χ4v) is 3.41. The van der Waals surface area contributed by atoms with Crippen molar-refractivity contribution in [2.75, 3.05) is 5.32 Å². The van der Waals surface area contributed by atoms with Crippen LogP contribution in [0.5, 0.6) is 5.75 Å². The lowest BCUT2D eigenvalue weighted by Crippen LogP contribution is -2.30. The molecule has 4 aromatic rings. The zero-order valence-corrected chi connectivity index (χ0v) is 18.0. The molecule has 0 saturated carbocycles. The second-order valence-corrected chi connectivity index (χ2v) is 7.52. The maximum Gasteiger partial charge on any atom is 0.265 e. The quantitative estimate of drug-likeness (QED) is 0.353. The van der Waals surface area contributed by atoms with E-state index in [0.717, 1.165) is 11.1 Å². The van der Waals surface area contributed by atoms with Crippen LogP contribution in [0.15, 0.2) is 103 Å². The maximum atomic E-state index is 13.1. The average Bonchev–Trinajstić information content (AvgIpc) is 2.85. The Kier molecular flexibility index (Phi) is 6.60. The van der Waals surface area contributed by atoms with Gasteiger partial charge >= 0.3 is 0 Å². The van der Waals surface area contributed by atoms with Crippen LogP contribution in [0.2, 0.25) is 0 Å². The number of hydrogen-bond acceptors (Lipinski definition) is 3. The highest BCUT2D eigenvalue weighted by molar-refractivity contribution is 6.09. The molecule has 4 rings (SSSR count).